The normalized spacial score (nSPS) is 14.9. The Labute approximate surface area is 215 Å². The molecule has 7 rings (SSSR count). The summed E-state index contributed by atoms with van der Waals surface area (Å²) < 4.78 is 73.3. The van der Waals surface area contributed by atoms with Crippen LogP contribution in [0.2, 0.25) is 0 Å². The number of aryl methyl sites for hydroxylation is 1. The Balaban J connectivity index is 1.90. The van der Waals surface area contributed by atoms with E-state index < -0.39 is 24.2 Å². The summed E-state index contributed by atoms with van der Waals surface area (Å²) in [6.07, 6.45) is 0.472. The number of aromatic nitrogens is 2. The zero-order valence-electron chi connectivity index (χ0n) is 27.0. The largest absolute Gasteiger partial charge is 0.295 e. The van der Waals surface area contributed by atoms with Gasteiger partial charge in [-0.3, -0.25) is 4.57 Å². The van der Waals surface area contributed by atoms with Crippen LogP contribution in [0, 0.1) is 0 Å². The van der Waals surface area contributed by atoms with Crippen molar-refractivity contribution >= 4 is 43.4 Å². The maximum absolute atomic E-state index is 9.21. The molecule has 0 bridgehead atoms. The molecule has 0 saturated carbocycles. The van der Waals surface area contributed by atoms with Crippen molar-refractivity contribution < 1.29 is 11.0 Å². The second-order valence-electron chi connectivity index (χ2n) is 8.46. The van der Waals surface area contributed by atoms with Gasteiger partial charge in [0.25, 0.3) is 0 Å². The molecule has 0 radical (unpaired) electrons. The van der Waals surface area contributed by atoms with E-state index in [-0.39, 0.29) is 51.4 Å². The first-order valence-corrected chi connectivity index (χ1v) is 11.6. The van der Waals surface area contributed by atoms with E-state index >= 15 is 0 Å². The highest BCUT2D eigenvalue weighted by atomic mass is 15.1. The molecule has 6 aromatic carbocycles. The van der Waals surface area contributed by atoms with Crippen LogP contribution in [-0.4, -0.2) is 9.55 Å². The minimum Gasteiger partial charge on any atom is -0.295 e. The Bertz CT molecular complexity index is 2240. The van der Waals surface area contributed by atoms with Gasteiger partial charge in [-0.2, -0.15) is 0 Å². The molecule has 1 heterocycles. The predicted molar refractivity (Wildman–Crippen MR) is 148 cm³/mol. The lowest BCUT2D eigenvalue weighted by molar-refractivity contribution is 0.917. The van der Waals surface area contributed by atoms with Crippen LogP contribution in [0.25, 0.3) is 60.2 Å². The average Bonchev–Trinajstić information content (AvgIpc) is 3.41. The van der Waals surface area contributed by atoms with E-state index in [1.54, 1.807) is 4.57 Å². The number of para-hydroxylation sites is 2. The molecule has 35 heavy (non-hydrogen) atoms. The maximum Gasteiger partial charge on any atom is 0.114 e. The first kappa shape index (κ1) is 13.5. The highest BCUT2D eigenvalue weighted by Crippen LogP contribution is 2.44. The average molecular weight is 457 g/mol. The SMILES string of the molecule is [2H]c1c([2H])c([2H])c2c(-n3c(CC)nc4ccccc43)c3c([2H])c([2H])c([2H])c([2H])c3c(-c3cccc4ccccc34)c2c1[2H]. The first-order chi connectivity index (χ1) is 20.7. The zero-order valence-corrected chi connectivity index (χ0v) is 19.0. The number of hydrogen-bond donors (Lipinski definition) is 0. The number of imidazole rings is 1. The lowest BCUT2D eigenvalue weighted by Crippen LogP contribution is -2.03. The Morgan fingerprint density at radius 1 is 0.686 bits per heavy atom. The smallest absolute Gasteiger partial charge is 0.114 e. The third-order valence-corrected chi connectivity index (χ3v) is 6.58. The number of benzene rings is 6. The van der Waals surface area contributed by atoms with Crippen LogP contribution >= 0.6 is 0 Å². The molecule has 0 aliphatic carbocycles. The summed E-state index contributed by atoms with van der Waals surface area (Å²) in [5.41, 5.74) is 2.55. The topological polar surface area (TPSA) is 17.8 Å². The maximum atomic E-state index is 9.21. The van der Waals surface area contributed by atoms with Gasteiger partial charge in [-0.15, -0.1) is 0 Å². The van der Waals surface area contributed by atoms with Crippen molar-refractivity contribution in [3.63, 3.8) is 0 Å². The molecule has 0 fully saturated rings. The van der Waals surface area contributed by atoms with Crippen LogP contribution < -0.4 is 0 Å². The molecule has 0 amide bonds. The van der Waals surface area contributed by atoms with Crippen molar-refractivity contribution in [1.29, 1.82) is 0 Å². The Morgan fingerprint density at radius 3 is 2.06 bits per heavy atom. The molecule has 1 aromatic heterocycles. The molecule has 166 valence electrons. The molecule has 0 N–H and O–H groups in total. The minimum absolute atomic E-state index is 0.171. The van der Waals surface area contributed by atoms with Crippen LogP contribution in [0.1, 0.15) is 23.7 Å². The summed E-state index contributed by atoms with van der Waals surface area (Å²) in [6.45, 7) is 1.93. The van der Waals surface area contributed by atoms with Crippen LogP contribution in [0.15, 0.2) is 115 Å². The zero-order chi connectivity index (χ0) is 30.3. The summed E-state index contributed by atoms with van der Waals surface area (Å²) in [5.74, 6) is 0.599. The van der Waals surface area contributed by atoms with Gasteiger partial charge in [-0.1, -0.05) is 110 Å². The van der Waals surface area contributed by atoms with Crippen molar-refractivity contribution in [2.75, 3.05) is 0 Å². The third kappa shape index (κ3) is 2.93. The molecule has 0 unspecified atom stereocenters. The highest BCUT2D eigenvalue weighted by Gasteiger charge is 2.20. The van der Waals surface area contributed by atoms with E-state index in [0.29, 0.717) is 34.4 Å². The van der Waals surface area contributed by atoms with Gasteiger partial charge in [-0.25, -0.2) is 4.98 Å². The summed E-state index contributed by atoms with van der Waals surface area (Å²) in [6, 6.07) is 17.8. The Morgan fingerprint density at radius 2 is 1.31 bits per heavy atom. The van der Waals surface area contributed by atoms with E-state index in [2.05, 4.69) is 0 Å². The van der Waals surface area contributed by atoms with Crippen molar-refractivity contribution in [1.82, 2.24) is 9.55 Å². The Kier molecular flexibility index (Phi) is 3.00. The van der Waals surface area contributed by atoms with Crippen LogP contribution in [0.4, 0.5) is 0 Å². The molecule has 0 atom stereocenters. The van der Waals surface area contributed by atoms with Crippen molar-refractivity contribution in [2.24, 2.45) is 0 Å². The summed E-state index contributed by atoms with van der Waals surface area (Å²) in [4.78, 5) is 4.81. The molecule has 0 saturated heterocycles. The standard InChI is InChI=1S/C33H24N2/c1-2-31-34-29-20-9-10-21-30(29)35(31)33-27-17-7-5-15-25(27)32(26-16-6-8-18-28(26)33)24-19-11-13-22-12-3-4-14-23(22)24/h3-21H,2H2,1H3/i5D,6D,7D,8D,15D,16D,17D,18D. The van der Waals surface area contributed by atoms with Gasteiger partial charge in [0.15, 0.2) is 0 Å². The van der Waals surface area contributed by atoms with E-state index in [9.17, 15) is 5.48 Å². The lowest BCUT2D eigenvalue weighted by atomic mass is 9.88. The molecular formula is C33H24N2. The molecule has 0 spiro atoms. The fourth-order valence-electron chi connectivity index (χ4n) is 5.10. The van der Waals surface area contributed by atoms with E-state index in [1.165, 1.54) is 0 Å². The molecule has 0 aliphatic rings. The number of hydrogen-bond acceptors (Lipinski definition) is 1. The quantitative estimate of drug-likeness (QED) is 0.243. The van der Waals surface area contributed by atoms with E-state index in [0.717, 1.165) is 10.8 Å². The number of fused-ring (bicyclic) bond motifs is 4. The molecule has 7 aromatic rings. The lowest BCUT2D eigenvalue weighted by Gasteiger charge is -2.20. The van der Waals surface area contributed by atoms with E-state index in [1.807, 2.05) is 73.7 Å². The monoisotopic (exact) mass is 456 g/mol. The highest BCUT2D eigenvalue weighted by molar-refractivity contribution is 6.21. The molecule has 0 aliphatic heterocycles. The van der Waals surface area contributed by atoms with Crippen LogP contribution in [0.5, 0.6) is 0 Å². The third-order valence-electron chi connectivity index (χ3n) is 6.58. The van der Waals surface area contributed by atoms with Crippen molar-refractivity contribution in [3.05, 3.63) is 121 Å². The van der Waals surface area contributed by atoms with Gasteiger partial charge in [0.05, 0.1) is 27.7 Å². The molecular weight excluding hydrogens is 424 g/mol. The van der Waals surface area contributed by atoms with Crippen LogP contribution in [0.3, 0.4) is 0 Å². The number of nitrogens with zero attached hydrogens (tertiary/aromatic N) is 2. The second kappa shape index (κ2) is 7.82. The van der Waals surface area contributed by atoms with Gasteiger partial charge < -0.3 is 0 Å². The van der Waals surface area contributed by atoms with Gasteiger partial charge in [0.2, 0.25) is 0 Å². The van der Waals surface area contributed by atoms with Crippen molar-refractivity contribution in [3.8, 4) is 16.8 Å². The van der Waals surface area contributed by atoms with E-state index in [4.69, 9.17) is 10.5 Å². The minimum atomic E-state index is -0.426. The summed E-state index contributed by atoms with van der Waals surface area (Å²) in [7, 11) is 0. The summed E-state index contributed by atoms with van der Waals surface area (Å²) in [5, 5.41) is 2.40. The Hall–Kier alpha value is -4.43. The fourth-order valence-corrected chi connectivity index (χ4v) is 5.10. The van der Waals surface area contributed by atoms with Crippen molar-refractivity contribution in [2.45, 2.75) is 13.3 Å². The van der Waals surface area contributed by atoms with Crippen LogP contribution in [-0.2, 0) is 6.42 Å². The predicted octanol–water partition coefficient (Wildman–Crippen LogP) is 8.71. The van der Waals surface area contributed by atoms with Gasteiger partial charge >= 0.3 is 0 Å². The summed E-state index contributed by atoms with van der Waals surface area (Å²) >= 11 is 0. The molecule has 2 nitrogen and oxygen atoms in total. The van der Waals surface area contributed by atoms with Gasteiger partial charge in [-0.05, 0) is 44.8 Å². The molecule has 2 heteroatoms. The van der Waals surface area contributed by atoms with Gasteiger partial charge in [0.1, 0.15) is 5.82 Å². The fraction of sp³-hybridized carbons (Fsp3) is 0.0606. The number of rotatable bonds is 3. The first-order valence-electron chi connectivity index (χ1n) is 15.6. The van der Waals surface area contributed by atoms with Gasteiger partial charge in [0, 0.05) is 17.2 Å². The second-order valence-corrected chi connectivity index (χ2v) is 8.46.